The van der Waals surface area contributed by atoms with E-state index in [1.165, 1.54) is 0 Å². The second kappa shape index (κ2) is 5.71. The Hall–Kier alpha value is -2.08. The molecule has 0 radical (unpaired) electrons. The second-order valence-electron chi connectivity index (χ2n) is 8.65. The van der Waals surface area contributed by atoms with Crippen molar-refractivity contribution in [1.82, 2.24) is 14.9 Å². The number of carbonyl (C=O) groups excluding carboxylic acids is 1. The predicted octanol–water partition coefficient (Wildman–Crippen LogP) is 5.55. The number of carbonyl (C=O) groups is 1. The number of piperidine rings is 1. The fourth-order valence-electron chi connectivity index (χ4n) is 4.23. The molecule has 6 heteroatoms. The van der Waals surface area contributed by atoms with E-state index in [0.29, 0.717) is 12.0 Å². The maximum atomic E-state index is 12.8. The van der Waals surface area contributed by atoms with E-state index in [1.807, 2.05) is 31.7 Å². The van der Waals surface area contributed by atoms with Crippen molar-refractivity contribution in [1.29, 1.82) is 0 Å². The maximum Gasteiger partial charge on any atom is 0.411 e. The van der Waals surface area contributed by atoms with Gasteiger partial charge < -0.3 is 9.72 Å². The predicted molar refractivity (Wildman–Crippen MR) is 109 cm³/mol. The Kier molecular flexibility index (Phi) is 3.60. The van der Waals surface area contributed by atoms with Crippen molar-refractivity contribution < 1.29 is 9.53 Å². The third-order valence-electron chi connectivity index (χ3n) is 5.47. The molecule has 2 aromatic carbocycles. The third kappa shape index (κ3) is 2.90. The highest BCUT2D eigenvalue weighted by Crippen LogP contribution is 2.53. The van der Waals surface area contributed by atoms with Crippen LogP contribution >= 0.6 is 15.9 Å². The number of halogens is 1. The second-order valence-corrected chi connectivity index (χ2v) is 9.57. The van der Waals surface area contributed by atoms with Crippen LogP contribution in [0.5, 0.6) is 0 Å². The van der Waals surface area contributed by atoms with Crippen LogP contribution in [0, 0.1) is 5.92 Å². The highest BCUT2D eigenvalue weighted by atomic mass is 79.9. The average molecular weight is 428 g/mol. The average Bonchev–Trinajstić information content (AvgIpc) is 3.03. The smallest absolute Gasteiger partial charge is 0.411 e. The number of fused-ring (bicyclic) bond motifs is 4. The quantitative estimate of drug-likeness (QED) is 0.553. The summed E-state index contributed by atoms with van der Waals surface area (Å²) in [6, 6.07) is 10.6. The molecular formula is C21H22BrN3O2. The van der Waals surface area contributed by atoms with Crippen LogP contribution in [0.15, 0.2) is 34.8 Å². The van der Waals surface area contributed by atoms with Crippen LogP contribution in [0.25, 0.3) is 21.8 Å². The largest absolute Gasteiger partial charge is 0.444 e. The lowest BCUT2D eigenvalue weighted by atomic mass is 10.1. The van der Waals surface area contributed by atoms with Crippen LogP contribution < -0.4 is 0 Å². The normalized spacial score (nSPS) is 24.4. The molecule has 1 saturated heterocycles. The van der Waals surface area contributed by atoms with Gasteiger partial charge in [-0.25, -0.2) is 9.78 Å². The van der Waals surface area contributed by atoms with Gasteiger partial charge in [0, 0.05) is 15.9 Å². The van der Waals surface area contributed by atoms with E-state index in [9.17, 15) is 4.79 Å². The van der Waals surface area contributed by atoms with Crippen molar-refractivity contribution in [2.75, 3.05) is 0 Å². The zero-order chi connectivity index (χ0) is 18.9. The number of ether oxygens (including phenoxy) is 1. The molecule has 0 spiro atoms. The van der Waals surface area contributed by atoms with Crippen LogP contribution in [-0.2, 0) is 4.74 Å². The molecule has 0 bridgehead atoms. The molecule has 1 saturated carbocycles. The van der Waals surface area contributed by atoms with Crippen molar-refractivity contribution in [3.05, 3.63) is 40.6 Å². The Morgan fingerprint density at radius 2 is 2.07 bits per heavy atom. The molecular weight excluding hydrogens is 406 g/mol. The number of hydrogen-bond donors (Lipinski definition) is 1. The van der Waals surface area contributed by atoms with Gasteiger partial charge in [0.2, 0.25) is 0 Å². The number of aromatic amines is 1. The summed E-state index contributed by atoms with van der Waals surface area (Å²) in [6.45, 7) is 5.73. The van der Waals surface area contributed by atoms with Crippen LogP contribution in [0.2, 0.25) is 0 Å². The molecule has 1 aliphatic heterocycles. The standard InChI is InChI=1S/C21H22BrN3O2/c1-21(2,3)27-20(26)25-16-9-12(16)10-17(25)19-23-15-7-4-11-8-13(22)5-6-14(11)18(15)24-19/h4-8,12,16-17H,9-10H2,1-3H3,(H,23,24)/t12-,16-,17+/m1/s1. The van der Waals surface area contributed by atoms with Gasteiger partial charge in [0.15, 0.2) is 0 Å². The number of benzene rings is 2. The van der Waals surface area contributed by atoms with Crippen LogP contribution in [0.3, 0.4) is 0 Å². The molecule has 27 heavy (non-hydrogen) atoms. The zero-order valence-corrected chi connectivity index (χ0v) is 17.2. The van der Waals surface area contributed by atoms with Crippen molar-refractivity contribution >= 4 is 43.8 Å². The Bertz CT molecular complexity index is 1070. The molecule has 5 nitrogen and oxygen atoms in total. The van der Waals surface area contributed by atoms with Gasteiger partial charge in [0.1, 0.15) is 11.4 Å². The molecule has 1 aliphatic carbocycles. The highest BCUT2D eigenvalue weighted by molar-refractivity contribution is 9.10. The van der Waals surface area contributed by atoms with E-state index in [0.717, 1.165) is 44.9 Å². The number of imidazole rings is 1. The minimum Gasteiger partial charge on any atom is -0.444 e. The molecule has 0 unspecified atom stereocenters. The summed E-state index contributed by atoms with van der Waals surface area (Å²) in [6.07, 6.45) is 1.80. The van der Waals surface area contributed by atoms with Gasteiger partial charge in [0.05, 0.1) is 17.1 Å². The third-order valence-corrected chi connectivity index (χ3v) is 5.97. The fourth-order valence-corrected chi connectivity index (χ4v) is 4.61. The van der Waals surface area contributed by atoms with E-state index < -0.39 is 5.60 Å². The summed E-state index contributed by atoms with van der Waals surface area (Å²) in [5.74, 6) is 1.43. The number of nitrogens with one attached hydrogen (secondary N) is 1. The number of H-pyrrole nitrogens is 1. The van der Waals surface area contributed by atoms with Crippen molar-refractivity contribution in [2.45, 2.75) is 51.3 Å². The minimum absolute atomic E-state index is 0.0403. The first-order chi connectivity index (χ1) is 12.8. The Morgan fingerprint density at radius 3 is 2.85 bits per heavy atom. The molecule has 1 aromatic heterocycles. The van der Waals surface area contributed by atoms with Gasteiger partial charge in [0.25, 0.3) is 0 Å². The molecule has 3 aromatic rings. The Balaban J connectivity index is 1.54. The Labute approximate surface area is 166 Å². The molecule has 140 valence electrons. The topological polar surface area (TPSA) is 58.2 Å². The molecule has 5 rings (SSSR count). The van der Waals surface area contributed by atoms with Crippen LogP contribution in [-0.4, -0.2) is 32.6 Å². The first-order valence-corrected chi connectivity index (χ1v) is 10.2. The summed E-state index contributed by atoms with van der Waals surface area (Å²) >= 11 is 3.53. The molecule has 2 heterocycles. The van der Waals surface area contributed by atoms with Gasteiger partial charge in [-0.15, -0.1) is 0 Å². The minimum atomic E-state index is -0.494. The lowest BCUT2D eigenvalue weighted by Gasteiger charge is -2.29. The Morgan fingerprint density at radius 1 is 1.26 bits per heavy atom. The summed E-state index contributed by atoms with van der Waals surface area (Å²) < 4.78 is 6.72. The summed E-state index contributed by atoms with van der Waals surface area (Å²) in [5.41, 5.74) is 1.47. The fraction of sp³-hybridized carbons (Fsp3) is 0.429. The number of nitrogens with zero attached hydrogens (tertiary/aromatic N) is 2. The number of amides is 1. The van der Waals surface area contributed by atoms with Crippen molar-refractivity contribution in [3.8, 4) is 0 Å². The van der Waals surface area contributed by atoms with Gasteiger partial charge in [-0.1, -0.05) is 28.1 Å². The van der Waals surface area contributed by atoms with Crippen LogP contribution in [0.4, 0.5) is 4.79 Å². The lowest BCUT2D eigenvalue weighted by Crippen LogP contribution is -2.38. The van der Waals surface area contributed by atoms with Gasteiger partial charge in [-0.2, -0.15) is 0 Å². The number of hydrogen-bond acceptors (Lipinski definition) is 3. The van der Waals surface area contributed by atoms with Gasteiger partial charge >= 0.3 is 6.09 Å². The molecule has 1 N–H and O–H groups in total. The summed E-state index contributed by atoms with van der Waals surface area (Å²) in [5, 5.41) is 2.26. The van der Waals surface area contributed by atoms with Gasteiger partial charge in [-0.05, 0) is 63.1 Å². The first kappa shape index (κ1) is 17.0. The summed E-state index contributed by atoms with van der Waals surface area (Å²) in [4.78, 5) is 23.1. The van der Waals surface area contributed by atoms with E-state index in [1.54, 1.807) is 0 Å². The monoisotopic (exact) mass is 427 g/mol. The molecule has 1 amide bonds. The number of likely N-dealkylation sites (tertiary alicyclic amines) is 1. The summed E-state index contributed by atoms with van der Waals surface area (Å²) in [7, 11) is 0. The SMILES string of the molecule is CC(C)(C)OC(=O)N1[C@@H]2C[C@@H]2C[C@H]1c1nc2c(ccc3cc(Br)ccc32)[nH]1. The van der Waals surface area contributed by atoms with E-state index in [2.05, 4.69) is 45.2 Å². The number of aromatic nitrogens is 2. The van der Waals surface area contributed by atoms with Crippen LogP contribution in [0.1, 0.15) is 45.5 Å². The number of rotatable bonds is 1. The molecule has 2 fully saturated rings. The molecule has 2 aliphatic rings. The first-order valence-electron chi connectivity index (χ1n) is 9.39. The lowest BCUT2D eigenvalue weighted by molar-refractivity contribution is 0.0175. The van der Waals surface area contributed by atoms with E-state index in [4.69, 9.17) is 9.72 Å². The molecule has 3 atom stereocenters. The van der Waals surface area contributed by atoms with E-state index >= 15 is 0 Å². The van der Waals surface area contributed by atoms with Gasteiger partial charge in [-0.3, -0.25) is 4.90 Å². The van der Waals surface area contributed by atoms with Crippen molar-refractivity contribution in [3.63, 3.8) is 0 Å². The maximum absolute atomic E-state index is 12.8. The van der Waals surface area contributed by atoms with E-state index in [-0.39, 0.29) is 12.1 Å². The zero-order valence-electron chi connectivity index (χ0n) is 15.6. The van der Waals surface area contributed by atoms with Crippen molar-refractivity contribution in [2.24, 2.45) is 5.92 Å². The highest BCUT2D eigenvalue weighted by Gasteiger charge is 2.56.